The van der Waals surface area contributed by atoms with E-state index in [0.29, 0.717) is 17.5 Å². The maximum atomic E-state index is 11.4. The van der Waals surface area contributed by atoms with E-state index in [0.717, 1.165) is 0 Å². The second kappa shape index (κ2) is 4.88. The highest BCUT2D eigenvalue weighted by Crippen LogP contribution is 2.27. The SMILES string of the molecule is Cc1nc(Oc2cccc(C(C)(C)C)c2)cc(=O)[nH]1. The van der Waals surface area contributed by atoms with Gasteiger partial charge in [-0.3, -0.25) is 4.79 Å². The van der Waals surface area contributed by atoms with E-state index in [4.69, 9.17) is 4.74 Å². The minimum absolute atomic E-state index is 0.0525. The van der Waals surface area contributed by atoms with Crippen molar-refractivity contribution in [3.63, 3.8) is 0 Å². The number of ether oxygens (including phenoxy) is 1. The predicted molar refractivity (Wildman–Crippen MR) is 74.8 cm³/mol. The third-order valence-electron chi connectivity index (χ3n) is 2.76. The van der Waals surface area contributed by atoms with E-state index in [1.165, 1.54) is 11.6 Å². The van der Waals surface area contributed by atoms with Crippen LogP contribution in [0.2, 0.25) is 0 Å². The second-order valence-electron chi connectivity index (χ2n) is 5.55. The monoisotopic (exact) mass is 258 g/mol. The molecule has 0 fully saturated rings. The molecule has 0 saturated carbocycles. The smallest absolute Gasteiger partial charge is 0.254 e. The Balaban J connectivity index is 2.31. The molecule has 19 heavy (non-hydrogen) atoms. The van der Waals surface area contributed by atoms with Gasteiger partial charge in [0.1, 0.15) is 11.6 Å². The van der Waals surface area contributed by atoms with Gasteiger partial charge in [-0.25, -0.2) is 4.98 Å². The van der Waals surface area contributed by atoms with Gasteiger partial charge >= 0.3 is 0 Å². The predicted octanol–water partition coefficient (Wildman–Crippen LogP) is 3.17. The summed E-state index contributed by atoms with van der Waals surface area (Å²) in [4.78, 5) is 18.1. The zero-order chi connectivity index (χ0) is 14.0. The second-order valence-corrected chi connectivity index (χ2v) is 5.55. The fourth-order valence-corrected chi connectivity index (χ4v) is 1.75. The topological polar surface area (TPSA) is 55.0 Å². The highest BCUT2D eigenvalue weighted by Gasteiger charge is 2.14. The molecule has 0 saturated heterocycles. The first-order valence-corrected chi connectivity index (χ1v) is 6.21. The number of aromatic amines is 1. The molecule has 0 atom stereocenters. The van der Waals surface area contributed by atoms with Crippen molar-refractivity contribution in [2.45, 2.75) is 33.1 Å². The summed E-state index contributed by atoms with van der Waals surface area (Å²) in [6, 6.07) is 9.17. The zero-order valence-corrected chi connectivity index (χ0v) is 11.7. The van der Waals surface area contributed by atoms with Crippen LogP contribution < -0.4 is 10.3 Å². The number of hydrogen-bond acceptors (Lipinski definition) is 3. The van der Waals surface area contributed by atoms with E-state index in [9.17, 15) is 4.79 Å². The van der Waals surface area contributed by atoms with Gasteiger partial charge in [0.15, 0.2) is 0 Å². The molecular weight excluding hydrogens is 240 g/mol. The number of H-pyrrole nitrogens is 1. The number of aromatic nitrogens is 2. The van der Waals surface area contributed by atoms with Crippen molar-refractivity contribution in [3.8, 4) is 11.6 Å². The number of aryl methyl sites for hydroxylation is 1. The Morgan fingerprint density at radius 3 is 2.58 bits per heavy atom. The number of nitrogens with zero attached hydrogens (tertiary/aromatic N) is 1. The van der Waals surface area contributed by atoms with Crippen LogP contribution in [0.3, 0.4) is 0 Å². The first kappa shape index (κ1) is 13.3. The Morgan fingerprint density at radius 1 is 1.21 bits per heavy atom. The molecule has 100 valence electrons. The van der Waals surface area contributed by atoms with Gasteiger partial charge in [-0.05, 0) is 30.0 Å². The fourth-order valence-electron chi connectivity index (χ4n) is 1.75. The molecule has 0 bridgehead atoms. The van der Waals surface area contributed by atoms with Crippen molar-refractivity contribution in [2.24, 2.45) is 0 Å². The minimum Gasteiger partial charge on any atom is -0.439 e. The lowest BCUT2D eigenvalue weighted by molar-refractivity contribution is 0.455. The van der Waals surface area contributed by atoms with Gasteiger partial charge < -0.3 is 9.72 Å². The molecular formula is C15H18N2O2. The van der Waals surface area contributed by atoms with Gasteiger partial charge in [0, 0.05) is 0 Å². The van der Waals surface area contributed by atoms with Gasteiger partial charge in [0.25, 0.3) is 5.56 Å². The van der Waals surface area contributed by atoms with E-state index in [1.807, 2.05) is 18.2 Å². The summed E-state index contributed by atoms with van der Waals surface area (Å²) < 4.78 is 5.64. The van der Waals surface area contributed by atoms with Crippen LogP contribution in [0.15, 0.2) is 35.1 Å². The molecule has 0 amide bonds. The van der Waals surface area contributed by atoms with Crippen LogP contribution in [0, 0.1) is 6.92 Å². The van der Waals surface area contributed by atoms with E-state index >= 15 is 0 Å². The summed E-state index contributed by atoms with van der Waals surface area (Å²) in [5, 5.41) is 0. The molecule has 1 heterocycles. The number of hydrogen-bond donors (Lipinski definition) is 1. The number of benzene rings is 1. The van der Waals surface area contributed by atoms with E-state index in [-0.39, 0.29) is 11.0 Å². The first-order chi connectivity index (χ1) is 8.84. The van der Waals surface area contributed by atoms with E-state index in [2.05, 4.69) is 36.8 Å². The molecule has 0 unspecified atom stereocenters. The van der Waals surface area contributed by atoms with Gasteiger partial charge in [0.2, 0.25) is 5.88 Å². The van der Waals surface area contributed by atoms with Crippen LogP contribution in [-0.4, -0.2) is 9.97 Å². The Bertz CT molecular complexity index is 639. The molecule has 0 spiro atoms. The molecule has 1 aromatic carbocycles. The lowest BCUT2D eigenvalue weighted by Crippen LogP contribution is -2.11. The van der Waals surface area contributed by atoms with Crippen molar-refractivity contribution in [1.29, 1.82) is 0 Å². The highest BCUT2D eigenvalue weighted by molar-refractivity contribution is 5.34. The summed E-state index contributed by atoms with van der Waals surface area (Å²) in [6.45, 7) is 8.14. The van der Waals surface area contributed by atoms with Crippen molar-refractivity contribution in [2.75, 3.05) is 0 Å². The standard InChI is InChI=1S/C15H18N2O2/c1-10-16-13(18)9-14(17-10)19-12-7-5-6-11(8-12)15(2,3)4/h5-9H,1-4H3,(H,16,17,18). The maximum Gasteiger partial charge on any atom is 0.254 e. The van der Waals surface area contributed by atoms with Crippen LogP contribution in [0.4, 0.5) is 0 Å². The molecule has 0 radical (unpaired) electrons. The van der Waals surface area contributed by atoms with E-state index < -0.39 is 0 Å². The Kier molecular flexibility index (Phi) is 3.42. The fraction of sp³-hybridized carbons (Fsp3) is 0.333. The van der Waals surface area contributed by atoms with E-state index in [1.54, 1.807) is 6.92 Å². The third kappa shape index (κ3) is 3.44. The van der Waals surface area contributed by atoms with Crippen LogP contribution in [0.25, 0.3) is 0 Å². The van der Waals surface area contributed by atoms with Crippen molar-refractivity contribution < 1.29 is 4.74 Å². The molecule has 2 rings (SSSR count). The molecule has 1 N–H and O–H groups in total. The molecule has 0 aliphatic carbocycles. The largest absolute Gasteiger partial charge is 0.439 e. The summed E-state index contributed by atoms with van der Waals surface area (Å²) in [5.41, 5.74) is 1.01. The van der Waals surface area contributed by atoms with Crippen LogP contribution in [-0.2, 0) is 5.41 Å². The summed E-state index contributed by atoms with van der Waals surface area (Å²) in [6.07, 6.45) is 0. The lowest BCUT2D eigenvalue weighted by atomic mass is 9.87. The summed E-state index contributed by atoms with van der Waals surface area (Å²) in [7, 11) is 0. The van der Waals surface area contributed by atoms with Gasteiger partial charge in [-0.1, -0.05) is 32.9 Å². The van der Waals surface area contributed by atoms with Crippen molar-refractivity contribution >= 4 is 0 Å². The van der Waals surface area contributed by atoms with Crippen LogP contribution in [0.1, 0.15) is 32.2 Å². The molecule has 2 aromatic rings. The molecule has 0 aliphatic rings. The molecule has 4 nitrogen and oxygen atoms in total. The highest BCUT2D eigenvalue weighted by atomic mass is 16.5. The van der Waals surface area contributed by atoms with Crippen LogP contribution in [0.5, 0.6) is 11.6 Å². The van der Waals surface area contributed by atoms with Gasteiger partial charge in [-0.2, -0.15) is 0 Å². The summed E-state index contributed by atoms with van der Waals surface area (Å²) in [5.74, 6) is 1.53. The lowest BCUT2D eigenvalue weighted by Gasteiger charge is -2.19. The molecule has 0 aliphatic heterocycles. The molecule has 1 aromatic heterocycles. The number of nitrogens with one attached hydrogen (secondary N) is 1. The Labute approximate surface area is 112 Å². The number of rotatable bonds is 2. The molecule has 4 heteroatoms. The Hall–Kier alpha value is -2.10. The quantitative estimate of drug-likeness (QED) is 0.900. The average molecular weight is 258 g/mol. The third-order valence-corrected chi connectivity index (χ3v) is 2.76. The van der Waals surface area contributed by atoms with Crippen molar-refractivity contribution in [3.05, 3.63) is 52.1 Å². The minimum atomic E-state index is -0.213. The summed E-state index contributed by atoms with van der Waals surface area (Å²) >= 11 is 0. The maximum absolute atomic E-state index is 11.4. The van der Waals surface area contributed by atoms with Crippen molar-refractivity contribution in [1.82, 2.24) is 9.97 Å². The van der Waals surface area contributed by atoms with Gasteiger partial charge in [0.05, 0.1) is 6.07 Å². The zero-order valence-electron chi connectivity index (χ0n) is 11.7. The average Bonchev–Trinajstić information content (AvgIpc) is 2.26. The first-order valence-electron chi connectivity index (χ1n) is 6.21. The van der Waals surface area contributed by atoms with Crippen LogP contribution >= 0.6 is 0 Å². The van der Waals surface area contributed by atoms with Gasteiger partial charge in [-0.15, -0.1) is 0 Å². The Morgan fingerprint density at radius 2 is 1.95 bits per heavy atom. The normalized spacial score (nSPS) is 11.4.